The molecule has 1 aliphatic carbocycles. The van der Waals surface area contributed by atoms with Gasteiger partial charge in [0.2, 0.25) is 0 Å². The summed E-state index contributed by atoms with van der Waals surface area (Å²) in [5.74, 6) is 0. The van der Waals surface area contributed by atoms with Crippen molar-refractivity contribution in [2.75, 3.05) is 6.61 Å². The molecule has 0 unspecified atom stereocenters. The highest BCUT2D eigenvalue weighted by Crippen LogP contribution is 2.49. The number of fused-ring (bicyclic) bond motifs is 1. The summed E-state index contributed by atoms with van der Waals surface area (Å²) in [6.45, 7) is 2.43. The van der Waals surface area contributed by atoms with E-state index in [9.17, 15) is 5.11 Å². The number of aliphatic hydroxyl groups is 1. The van der Waals surface area contributed by atoms with Crippen molar-refractivity contribution < 1.29 is 9.84 Å². The van der Waals surface area contributed by atoms with Gasteiger partial charge in [0.25, 0.3) is 0 Å². The second kappa shape index (κ2) is 2.46. The molecule has 0 spiro atoms. The van der Waals surface area contributed by atoms with E-state index in [2.05, 4.69) is 6.92 Å². The first-order chi connectivity index (χ1) is 5.27. The fraction of sp³-hybridized carbons (Fsp3) is 1.00. The summed E-state index contributed by atoms with van der Waals surface area (Å²) < 4.78 is 5.72. The molecule has 0 aromatic heterocycles. The van der Waals surface area contributed by atoms with Gasteiger partial charge >= 0.3 is 0 Å². The molecule has 1 saturated heterocycles. The number of rotatable bonds is 1. The third-order valence-electron chi connectivity index (χ3n) is 3.23. The van der Waals surface area contributed by atoms with E-state index in [1.54, 1.807) is 0 Å². The lowest BCUT2D eigenvalue weighted by Gasteiger charge is -2.24. The Hall–Kier alpha value is -0.0800. The number of ether oxygens (including phenoxy) is 1. The number of aliphatic hydroxyl groups excluding tert-OH is 1. The molecule has 2 rings (SSSR count). The van der Waals surface area contributed by atoms with Crippen molar-refractivity contribution in [3.63, 3.8) is 0 Å². The molecule has 0 radical (unpaired) electrons. The van der Waals surface area contributed by atoms with Crippen molar-refractivity contribution in [2.24, 2.45) is 5.41 Å². The van der Waals surface area contributed by atoms with Crippen LogP contribution in [0, 0.1) is 5.41 Å². The van der Waals surface area contributed by atoms with Gasteiger partial charge in [-0.2, -0.15) is 0 Å². The molecule has 1 N–H and O–H groups in total. The minimum atomic E-state index is 0.152. The van der Waals surface area contributed by atoms with E-state index in [4.69, 9.17) is 4.74 Å². The minimum absolute atomic E-state index is 0.152. The standard InChI is InChI=1S/C9H16O2/c1-7-5-9(6-10)4-2-3-8(9)11-7/h7-8,10H,2-6H2,1H3/t7-,8+,9+/m1/s1. The Kier molecular flexibility index (Phi) is 1.69. The summed E-state index contributed by atoms with van der Waals surface area (Å²) in [6.07, 6.45) is 5.35. The third-order valence-corrected chi connectivity index (χ3v) is 3.23. The van der Waals surface area contributed by atoms with Crippen molar-refractivity contribution in [3.8, 4) is 0 Å². The molecule has 2 nitrogen and oxygen atoms in total. The normalized spacial score (nSPS) is 49.6. The summed E-state index contributed by atoms with van der Waals surface area (Å²) in [4.78, 5) is 0. The Balaban J connectivity index is 2.15. The van der Waals surface area contributed by atoms with Crippen LogP contribution in [-0.4, -0.2) is 23.9 Å². The van der Waals surface area contributed by atoms with E-state index in [1.807, 2.05) is 0 Å². The van der Waals surface area contributed by atoms with Crippen LogP contribution in [0.2, 0.25) is 0 Å². The SMILES string of the molecule is C[C@@H]1C[C@]2(CO)CCC[C@@H]2O1. The van der Waals surface area contributed by atoms with E-state index in [0.29, 0.717) is 18.8 Å². The first-order valence-electron chi connectivity index (χ1n) is 4.53. The maximum absolute atomic E-state index is 9.26. The van der Waals surface area contributed by atoms with Crippen LogP contribution in [0.3, 0.4) is 0 Å². The quantitative estimate of drug-likeness (QED) is 0.620. The van der Waals surface area contributed by atoms with Crippen molar-refractivity contribution in [2.45, 2.75) is 44.8 Å². The maximum atomic E-state index is 9.26. The van der Waals surface area contributed by atoms with E-state index in [-0.39, 0.29) is 5.41 Å². The predicted molar refractivity (Wildman–Crippen MR) is 42.3 cm³/mol. The van der Waals surface area contributed by atoms with Crippen molar-refractivity contribution >= 4 is 0 Å². The molecule has 11 heavy (non-hydrogen) atoms. The van der Waals surface area contributed by atoms with Crippen molar-refractivity contribution in [1.29, 1.82) is 0 Å². The van der Waals surface area contributed by atoms with Crippen molar-refractivity contribution in [3.05, 3.63) is 0 Å². The monoisotopic (exact) mass is 156 g/mol. The fourth-order valence-corrected chi connectivity index (χ4v) is 2.70. The molecule has 1 heterocycles. The first kappa shape index (κ1) is 7.56. The van der Waals surface area contributed by atoms with E-state index in [1.165, 1.54) is 12.8 Å². The van der Waals surface area contributed by atoms with E-state index >= 15 is 0 Å². The molecule has 0 aromatic carbocycles. The lowest BCUT2D eigenvalue weighted by molar-refractivity contribution is 0.0154. The van der Waals surface area contributed by atoms with Crippen LogP contribution >= 0.6 is 0 Å². The zero-order chi connectivity index (χ0) is 7.90. The number of hydrogen-bond acceptors (Lipinski definition) is 2. The highest BCUT2D eigenvalue weighted by atomic mass is 16.5. The molecule has 64 valence electrons. The Labute approximate surface area is 67.6 Å². The summed E-state index contributed by atoms with van der Waals surface area (Å²) in [5.41, 5.74) is 0.152. The number of hydrogen-bond donors (Lipinski definition) is 1. The van der Waals surface area contributed by atoms with Gasteiger partial charge < -0.3 is 9.84 Å². The van der Waals surface area contributed by atoms with Gasteiger partial charge in [-0.15, -0.1) is 0 Å². The molecule has 2 heteroatoms. The summed E-state index contributed by atoms with van der Waals surface area (Å²) in [5, 5.41) is 9.26. The second-order valence-corrected chi connectivity index (χ2v) is 4.05. The zero-order valence-electron chi connectivity index (χ0n) is 7.05. The first-order valence-corrected chi connectivity index (χ1v) is 4.53. The van der Waals surface area contributed by atoms with Crippen molar-refractivity contribution in [1.82, 2.24) is 0 Å². The van der Waals surface area contributed by atoms with E-state index in [0.717, 1.165) is 12.8 Å². The smallest absolute Gasteiger partial charge is 0.0657 e. The van der Waals surface area contributed by atoms with Gasteiger partial charge in [0.15, 0.2) is 0 Å². The Bertz CT molecular complexity index is 158. The fourth-order valence-electron chi connectivity index (χ4n) is 2.70. The van der Waals surface area contributed by atoms with Crippen LogP contribution in [-0.2, 0) is 4.74 Å². The molecule has 2 fully saturated rings. The molecular weight excluding hydrogens is 140 g/mol. The predicted octanol–water partition coefficient (Wildman–Crippen LogP) is 1.33. The molecule has 0 aromatic rings. The van der Waals surface area contributed by atoms with Crippen LogP contribution in [0.4, 0.5) is 0 Å². The highest BCUT2D eigenvalue weighted by Gasteiger charge is 2.49. The van der Waals surface area contributed by atoms with Crippen LogP contribution in [0.1, 0.15) is 32.6 Å². The molecule has 0 bridgehead atoms. The maximum Gasteiger partial charge on any atom is 0.0657 e. The lowest BCUT2D eigenvalue weighted by atomic mass is 9.82. The van der Waals surface area contributed by atoms with Crippen LogP contribution in [0.15, 0.2) is 0 Å². The molecule has 1 saturated carbocycles. The van der Waals surface area contributed by atoms with Crippen LogP contribution in [0.25, 0.3) is 0 Å². The van der Waals surface area contributed by atoms with Gasteiger partial charge in [0.1, 0.15) is 0 Å². The van der Waals surface area contributed by atoms with Crippen LogP contribution in [0.5, 0.6) is 0 Å². The minimum Gasteiger partial charge on any atom is -0.396 e. The topological polar surface area (TPSA) is 29.5 Å². The Morgan fingerprint density at radius 3 is 3.09 bits per heavy atom. The lowest BCUT2D eigenvalue weighted by Crippen LogP contribution is -2.28. The van der Waals surface area contributed by atoms with Gasteiger partial charge in [-0.1, -0.05) is 6.42 Å². The third kappa shape index (κ3) is 1.00. The highest BCUT2D eigenvalue weighted by molar-refractivity contribution is 4.98. The average molecular weight is 156 g/mol. The largest absolute Gasteiger partial charge is 0.396 e. The molecule has 2 aliphatic rings. The Morgan fingerprint density at radius 2 is 2.45 bits per heavy atom. The zero-order valence-corrected chi connectivity index (χ0v) is 7.05. The molecular formula is C9H16O2. The molecule has 3 atom stereocenters. The van der Waals surface area contributed by atoms with Gasteiger partial charge in [0.05, 0.1) is 18.8 Å². The van der Waals surface area contributed by atoms with Gasteiger partial charge in [-0.3, -0.25) is 0 Å². The second-order valence-electron chi connectivity index (χ2n) is 4.05. The average Bonchev–Trinajstić information content (AvgIpc) is 2.43. The van der Waals surface area contributed by atoms with Gasteiger partial charge in [0, 0.05) is 5.41 Å². The van der Waals surface area contributed by atoms with Gasteiger partial charge in [-0.25, -0.2) is 0 Å². The molecule has 1 aliphatic heterocycles. The van der Waals surface area contributed by atoms with E-state index < -0.39 is 0 Å². The Morgan fingerprint density at radius 1 is 1.64 bits per heavy atom. The summed E-state index contributed by atoms with van der Waals surface area (Å²) in [7, 11) is 0. The summed E-state index contributed by atoms with van der Waals surface area (Å²) >= 11 is 0. The molecule has 0 amide bonds. The van der Waals surface area contributed by atoms with Gasteiger partial charge in [-0.05, 0) is 26.2 Å². The van der Waals surface area contributed by atoms with Crippen LogP contribution < -0.4 is 0 Å². The summed E-state index contributed by atoms with van der Waals surface area (Å²) in [6, 6.07) is 0.